The van der Waals surface area contributed by atoms with E-state index >= 15 is 0 Å². The van der Waals surface area contributed by atoms with Crippen LogP contribution in [0.1, 0.15) is 31.4 Å². The van der Waals surface area contributed by atoms with E-state index in [0.717, 1.165) is 12.8 Å². The molecule has 0 aliphatic heterocycles. The molecule has 1 aliphatic rings. The lowest BCUT2D eigenvalue weighted by Gasteiger charge is -2.17. The van der Waals surface area contributed by atoms with Gasteiger partial charge in [0.1, 0.15) is 5.75 Å². The maximum atomic E-state index is 11.9. The van der Waals surface area contributed by atoms with Gasteiger partial charge in [0, 0.05) is 6.04 Å². The highest BCUT2D eigenvalue weighted by atomic mass is 16.5. The smallest absolute Gasteiger partial charge is 0.253 e. The van der Waals surface area contributed by atoms with Crippen LogP contribution in [0.3, 0.4) is 0 Å². The van der Waals surface area contributed by atoms with Crippen LogP contribution in [-0.2, 0) is 4.79 Å². The third kappa shape index (κ3) is 3.01. The predicted octanol–water partition coefficient (Wildman–Crippen LogP) is 1.64. The van der Waals surface area contributed by atoms with Crippen LogP contribution < -0.4 is 10.1 Å². The molecule has 0 heterocycles. The second-order valence-electron chi connectivity index (χ2n) is 4.81. The number of ether oxygens (including phenoxy) is 1. The molecule has 1 saturated carbocycles. The minimum atomic E-state index is -1.14. The molecule has 0 spiro atoms. The average molecular weight is 249 g/mol. The predicted molar refractivity (Wildman–Crippen MR) is 68.3 cm³/mol. The number of benzene rings is 1. The fourth-order valence-corrected chi connectivity index (χ4v) is 1.98. The summed E-state index contributed by atoms with van der Waals surface area (Å²) in [7, 11) is 1.56. The zero-order valence-electron chi connectivity index (χ0n) is 10.7. The molecular weight excluding hydrogens is 230 g/mol. The molecule has 1 aromatic carbocycles. The summed E-state index contributed by atoms with van der Waals surface area (Å²) in [5.74, 6) is 0.865. The first-order valence-corrected chi connectivity index (χ1v) is 6.24. The van der Waals surface area contributed by atoms with Crippen molar-refractivity contribution in [2.45, 2.75) is 31.9 Å². The van der Waals surface area contributed by atoms with Crippen LogP contribution in [0.5, 0.6) is 5.75 Å². The normalized spacial score (nSPS) is 17.9. The van der Waals surface area contributed by atoms with E-state index in [0.29, 0.717) is 17.2 Å². The molecular formula is C14H19NO3. The Bertz CT molecular complexity index is 429. The van der Waals surface area contributed by atoms with Crippen LogP contribution in [0.25, 0.3) is 0 Å². The van der Waals surface area contributed by atoms with Crippen molar-refractivity contribution in [1.29, 1.82) is 0 Å². The maximum absolute atomic E-state index is 11.9. The molecule has 2 unspecified atom stereocenters. The zero-order chi connectivity index (χ0) is 13.1. The molecule has 1 aromatic rings. The van der Waals surface area contributed by atoms with E-state index in [1.807, 2.05) is 6.92 Å². The fraction of sp³-hybridized carbons (Fsp3) is 0.500. The van der Waals surface area contributed by atoms with Gasteiger partial charge >= 0.3 is 0 Å². The monoisotopic (exact) mass is 249 g/mol. The fourth-order valence-electron chi connectivity index (χ4n) is 1.98. The van der Waals surface area contributed by atoms with Gasteiger partial charge in [0.05, 0.1) is 7.11 Å². The number of carbonyl (C=O) groups is 1. The third-order valence-electron chi connectivity index (χ3n) is 3.36. The minimum absolute atomic E-state index is 0.137. The number of aliphatic hydroxyl groups is 1. The lowest BCUT2D eigenvalue weighted by molar-refractivity contribution is -0.130. The highest BCUT2D eigenvalue weighted by Gasteiger charge is 2.30. The summed E-state index contributed by atoms with van der Waals surface area (Å²) in [6.45, 7) is 1.98. The maximum Gasteiger partial charge on any atom is 0.253 e. The number of methoxy groups -OCH3 is 1. The average Bonchev–Trinajstić information content (AvgIpc) is 3.22. The van der Waals surface area contributed by atoms with E-state index in [2.05, 4.69) is 5.32 Å². The van der Waals surface area contributed by atoms with Gasteiger partial charge in [0.15, 0.2) is 6.10 Å². The van der Waals surface area contributed by atoms with Crippen LogP contribution in [-0.4, -0.2) is 24.2 Å². The summed E-state index contributed by atoms with van der Waals surface area (Å²) in [6.07, 6.45) is 1.19. The highest BCUT2D eigenvalue weighted by molar-refractivity contribution is 5.82. The third-order valence-corrected chi connectivity index (χ3v) is 3.36. The standard InChI is InChI=1S/C14H19NO3/c1-9(10-6-7-10)15-14(17)13(16)11-4-3-5-12(8-11)18-2/h3-5,8-10,13,16H,6-7H2,1-2H3,(H,15,17). The van der Waals surface area contributed by atoms with Gasteiger partial charge in [-0.3, -0.25) is 4.79 Å². The zero-order valence-corrected chi connectivity index (χ0v) is 10.7. The van der Waals surface area contributed by atoms with Gasteiger partial charge in [-0.2, -0.15) is 0 Å². The van der Waals surface area contributed by atoms with Crippen molar-refractivity contribution in [2.24, 2.45) is 5.92 Å². The molecule has 0 bridgehead atoms. The summed E-state index contributed by atoms with van der Waals surface area (Å²) < 4.78 is 5.07. The van der Waals surface area contributed by atoms with Gasteiger partial charge in [-0.25, -0.2) is 0 Å². The Hall–Kier alpha value is -1.55. The van der Waals surface area contributed by atoms with Crippen molar-refractivity contribution < 1.29 is 14.6 Å². The lowest BCUT2D eigenvalue weighted by atomic mass is 10.1. The largest absolute Gasteiger partial charge is 0.497 e. The molecule has 2 N–H and O–H groups in total. The van der Waals surface area contributed by atoms with E-state index < -0.39 is 6.10 Å². The molecule has 4 heteroatoms. The van der Waals surface area contributed by atoms with Crippen LogP contribution in [0.2, 0.25) is 0 Å². The summed E-state index contributed by atoms with van der Waals surface area (Å²) in [5.41, 5.74) is 0.551. The van der Waals surface area contributed by atoms with E-state index in [4.69, 9.17) is 4.74 Å². The Morgan fingerprint density at radius 2 is 2.22 bits per heavy atom. The molecule has 1 aliphatic carbocycles. The number of hydrogen-bond donors (Lipinski definition) is 2. The van der Waals surface area contributed by atoms with Crippen molar-refractivity contribution in [3.05, 3.63) is 29.8 Å². The molecule has 18 heavy (non-hydrogen) atoms. The summed E-state index contributed by atoms with van der Waals surface area (Å²) in [6, 6.07) is 7.06. The van der Waals surface area contributed by atoms with Crippen molar-refractivity contribution in [3.8, 4) is 5.75 Å². The first kappa shape index (κ1) is 12.9. The molecule has 4 nitrogen and oxygen atoms in total. The van der Waals surface area contributed by atoms with E-state index in [-0.39, 0.29) is 11.9 Å². The summed E-state index contributed by atoms with van der Waals surface area (Å²) in [4.78, 5) is 11.9. The summed E-state index contributed by atoms with van der Waals surface area (Å²) >= 11 is 0. The summed E-state index contributed by atoms with van der Waals surface area (Å²) in [5, 5.41) is 12.8. The first-order valence-electron chi connectivity index (χ1n) is 6.24. The van der Waals surface area contributed by atoms with Gasteiger partial charge in [-0.1, -0.05) is 12.1 Å². The second kappa shape index (κ2) is 5.40. The van der Waals surface area contributed by atoms with Crippen molar-refractivity contribution in [2.75, 3.05) is 7.11 Å². The van der Waals surface area contributed by atoms with Crippen LogP contribution in [0.15, 0.2) is 24.3 Å². The Labute approximate surface area is 107 Å². The van der Waals surface area contributed by atoms with Crippen molar-refractivity contribution >= 4 is 5.91 Å². The molecule has 0 radical (unpaired) electrons. The van der Waals surface area contributed by atoms with Gasteiger partial charge in [-0.15, -0.1) is 0 Å². The number of rotatable bonds is 5. The van der Waals surface area contributed by atoms with Crippen molar-refractivity contribution in [1.82, 2.24) is 5.32 Å². The van der Waals surface area contributed by atoms with Crippen molar-refractivity contribution in [3.63, 3.8) is 0 Å². The molecule has 0 saturated heterocycles. The lowest BCUT2D eigenvalue weighted by Crippen LogP contribution is -2.37. The molecule has 0 aromatic heterocycles. The highest BCUT2D eigenvalue weighted by Crippen LogP contribution is 2.32. The van der Waals surface area contributed by atoms with Crippen LogP contribution >= 0.6 is 0 Å². The molecule has 2 rings (SSSR count). The minimum Gasteiger partial charge on any atom is -0.497 e. The van der Waals surface area contributed by atoms with Crippen LogP contribution in [0.4, 0.5) is 0 Å². The molecule has 1 fully saturated rings. The van der Waals surface area contributed by atoms with Gasteiger partial charge in [0.2, 0.25) is 0 Å². The SMILES string of the molecule is COc1cccc(C(O)C(=O)NC(C)C2CC2)c1. The van der Waals surface area contributed by atoms with Gasteiger partial charge in [0.25, 0.3) is 5.91 Å². The Morgan fingerprint density at radius 1 is 1.50 bits per heavy atom. The van der Waals surface area contributed by atoms with E-state index in [1.165, 1.54) is 0 Å². The van der Waals surface area contributed by atoms with Crippen LogP contribution in [0, 0.1) is 5.92 Å². The first-order chi connectivity index (χ1) is 8.61. The number of amides is 1. The quantitative estimate of drug-likeness (QED) is 0.834. The molecule has 98 valence electrons. The topological polar surface area (TPSA) is 58.6 Å². The van der Waals surface area contributed by atoms with Gasteiger partial charge in [-0.05, 0) is 43.4 Å². The molecule has 1 amide bonds. The Balaban J connectivity index is 2.00. The number of aliphatic hydroxyl groups excluding tert-OH is 1. The number of nitrogens with one attached hydrogen (secondary N) is 1. The Morgan fingerprint density at radius 3 is 2.83 bits per heavy atom. The van der Waals surface area contributed by atoms with Gasteiger partial charge < -0.3 is 15.2 Å². The second-order valence-corrected chi connectivity index (χ2v) is 4.81. The van der Waals surface area contributed by atoms with E-state index in [9.17, 15) is 9.90 Å². The van der Waals surface area contributed by atoms with E-state index in [1.54, 1.807) is 31.4 Å². The Kier molecular flexibility index (Phi) is 3.87. The molecule has 2 atom stereocenters. The number of hydrogen-bond acceptors (Lipinski definition) is 3. The number of carbonyl (C=O) groups excluding carboxylic acids is 1.